The van der Waals surface area contributed by atoms with Crippen LogP contribution in [0, 0.1) is 5.92 Å². The number of Topliss-reactive ketones (excluding diaryl/α,β-unsaturated/α-hetero) is 1. The molecule has 0 aliphatic carbocycles. The summed E-state index contributed by atoms with van der Waals surface area (Å²) in [5.41, 5.74) is -0.808. The van der Waals surface area contributed by atoms with Crippen LogP contribution in [0.4, 0.5) is 0 Å². The van der Waals surface area contributed by atoms with Gasteiger partial charge in [0.25, 0.3) is 11.9 Å². The van der Waals surface area contributed by atoms with Gasteiger partial charge in [0.05, 0.1) is 24.2 Å². The SMILES string of the molecule is CCC(=O)C[C@@]1(C(=O)O)CC(=O)OB([C@H](CC(C)C)NC(=O)[C@@H](NC(=O)c2cccc(-c3ccccc3)n2)[C@@H](C)O)O1. The van der Waals surface area contributed by atoms with Crippen molar-refractivity contribution < 1.29 is 43.5 Å². The Morgan fingerprint density at radius 3 is 2.33 bits per heavy atom. The number of amides is 2. The first-order chi connectivity index (χ1) is 19.8. The number of carbonyl (C=O) groups is 5. The number of aliphatic carboxylic acids is 1. The highest BCUT2D eigenvalue weighted by Crippen LogP contribution is 2.30. The fourth-order valence-corrected chi connectivity index (χ4v) is 4.58. The van der Waals surface area contributed by atoms with Crippen LogP contribution in [0.15, 0.2) is 48.5 Å². The van der Waals surface area contributed by atoms with E-state index < -0.39 is 73.2 Å². The number of carboxylic acid groups (broad SMARTS) is 1. The summed E-state index contributed by atoms with van der Waals surface area (Å²) in [7, 11) is -1.53. The van der Waals surface area contributed by atoms with Gasteiger partial charge in [0.15, 0.2) is 5.60 Å². The van der Waals surface area contributed by atoms with Crippen molar-refractivity contribution in [2.24, 2.45) is 5.92 Å². The van der Waals surface area contributed by atoms with E-state index in [4.69, 9.17) is 9.31 Å². The van der Waals surface area contributed by atoms with E-state index in [0.29, 0.717) is 5.69 Å². The molecule has 1 aromatic heterocycles. The Balaban J connectivity index is 1.82. The number of nitrogens with one attached hydrogen (secondary N) is 2. The van der Waals surface area contributed by atoms with Crippen molar-refractivity contribution in [2.75, 3.05) is 0 Å². The van der Waals surface area contributed by atoms with Crippen LogP contribution in [-0.2, 0) is 28.5 Å². The van der Waals surface area contributed by atoms with Gasteiger partial charge < -0.3 is 30.2 Å². The number of rotatable bonds is 13. The lowest BCUT2D eigenvalue weighted by Gasteiger charge is -2.38. The molecule has 0 bridgehead atoms. The Kier molecular flexibility index (Phi) is 11.0. The van der Waals surface area contributed by atoms with Crippen LogP contribution in [0.2, 0.25) is 0 Å². The average molecular weight is 581 g/mol. The van der Waals surface area contributed by atoms with Crippen molar-refractivity contribution in [3.8, 4) is 11.3 Å². The van der Waals surface area contributed by atoms with Crippen molar-refractivity contribution in [1.82, 2.24) is 15.6 Å². The molecule has 224 valence electrons. The second-order valence-corrected chi connectivity index (χ2v) is 10.7. The second kappa shape index (κ2) is 14.2. The molecular formula is C29H36BN3O9. The molecule has 42 heavy (non-hydrogen) atoms. The Morgan fingerprint density at radius 1 is 1.05 bits per heavy atom. The van der Waals surface area contributed by atoms with Gasteiger partial charge in [-0.05, 0) is 31.4 Å². The predicted molar refractivity (Wildman–Crippen MR) is 152 cm³/mol. The van der Waals surface area contributed by atoms with E-state index in [0.717, 1.165) is 5.56 Å². The molecule has 1 fully saturated rings. The molecule has 3 rings (SSSR count). The Morgan fingerprint density at radius 2 is 1.74 bits per heavy atom. The number of aliphatic hydroxyl groups excluding tert-OH is 1. The summed E-state index contributed by atoms with van der Waals surface area (Å²) in [5.74, 6) is -5.49. The summed E-state index contributed by atoms with van der Waals surface area (Å²) in [6.45, 7) is 6.54. The predicted octanol–water partition coefficient (Wildman–Crippen LogP) is 1.94. The number of nitrogens with zero attached hydrogens (tertiary/aromatic N) is 1. The maximum Gasteiger partial charge on any atom is 0.552 e. The number of carboxylic acids is 1. The molecule has 4 N–H and O–H groups in total. The number of aromatic nitrogens is 1. The third-order valence-electron chi connectivity index (χ3n) is 6.77. The Labute approximate surface area is 244 Å². The first-order valence-corrected chi connectivity index (χ1v) is 13.8. The number of pyridine rings is 1. The highest BCUT2D eigenvalue weighted by atomic mass is 16.6. The fourth-order valence-electron chi connectivity index (χ4n) is 4.58. The molecule has 1 aliphatic heterocycles. The van der Waals surface area contributed by atoms with Gasteiger partial charge in [-0.1, -0.05) is 57.2 Å². The van der Waals surface area contributed by atoms with Crippen LogP contribution >= 0.6 is 0 Å². The number of aliphatic hydroxyl groups is 1. The van der Waals surface area contributed by atoms with Gasteiger partial charge in [-0.15, -0.1) is 0 Å². The molecule has 0 unspecified atom stereocenters. The first-order valence-electron chi connectivity index (χ1n) is 13.8. The average Bonchev–Trinajstić information content (AvgIpc) is 2.95. The van der Waals surface area contributed by atoms with Gasteiger partial charge in [-0.3, -0.25) is 19.2 Å². The van der Waals surface area contributed by atoms with Gasteiger partial charge in [-0.2, -0.15) is 0 Å². The fraction of sp³-hybridized carbons (Fsp3) is 0.448. The maximum absolute atomic E-state index is 13.4. The van der Waals surface area contributed by atoms with Gasteiger partial charge in [0.1, 0.15) is 17.5 Å². The standard InChI is InChI=1S/C29H36BN3O9/c1-5-20(35)15-29(28(39)40)16-24(36)41-30(42-29)23(14-17(2)3)32-27(38)25(18(4)34)33-26(37)22-13-9-12-21(31-22)19-10-7-6-8-11-19/h6-13,17-18,23,25,34H,5,14-16H2,1-4H3,(H,32,38)(H,33,37)(H,39,40)/t18-,23+,25+,29+/m1/s1. The summed E-state index contributed by atoms with van der Waals surface area (Å²) in [4.78, 5) is 67.8. The van der Waals surface area contributed by atoms with Gasteiger partial charge in [0.2, 0.25) is 5.91 Å². The summed E-state index contributed by atoms with van der Waals surface area (Å²) in [6.07, 6.45) is -2.34. The zero-order valence-corrected chi connectivity index (χ0v) is 24.0. The molecule has 1 aromatic carbocycles. The molecule has 0 radical (unpaired) electrons. The smallest absolute Gasteiger partial charge is 0.508 e. The second-order valence-electron chi connectivity index (χ2n) is 10.7. The zero-order chi connectivity index (χ0) is 31.0. The van der Waals surface area contributed by atoms with Crippen LogP contribution in [0.1, 0.15) is 63.9 Å². The van der Waals surface area contributed by atoms with Crippen molar-refractivity contribution in [2.45, 2.75) is 77.1 Å². The summed E-state index contributed by atoms with van der Waals surface area (Å²) >= 11 is 0. The molecule has 1 saturated heterocycles. The highest BCUT2D eigenvalue weighted by molar-refractivity contribution is 6.50. The molecule has 2 aromatic rings. The Bertz CT molecular complexity index is 1300. The van der Waals surface area contributed by atoms with E-state index in [-0.39, 0.29) is 24.5 Å². The van der Waals surface area contributed by atoms with E-state index in [1.807, 2.05) is 44.2 Å². The van der Waals surface area contributed by atoms with Gasteiger partial charge in [-0.25, -0.2) is 9.78 Å². The van der Waals surface area contributed by atoms with Crippen molar-refractivity contribution in [3.63, 3.8) is 0 Å². The van der Waals surface area contributed by atoms with Gasteiger partial charge in [0, 0.05) is 18.4 Å². The summed E-state index contributed by atoms with van der Waals surface area (Å²) in [6, 6.07) is 12.6. The van der Waals surface area contributed by atoms with Crippen molar-refractivity contribution in [3.05, 3.63) is 54.2 Å². The molecule has 13 heteroatoms. The van der Waals surface area contributed by atoms with E-state index in [1.54, 1.807) is 19.1 Å². The lowest BCUT2D eigenvalue weighted by atomic mass is 9.70. The van der Waals surface area contributed by atoms with Crippen LogP contribution in [0.3, 0.4) is 0 Å². The first kappa shape index (κ1) is 32.4. The molecule has 4 atom stereocenters. The van der Waals surface area contributed by atoms with Crippen LogP contribution in [0.5, 0.6) is 0 Å². The quantitative estimate of drug-likeness (QED) is 0.255. The molecule has 0 saturated carbocycles. The lowest BCUT2D eigenvalue weighted by Crippen LogP contribution is -2.63. The zero-order valence-electron chi connectivity index (χ0n) is 24.0. The molecule has 2 heterocycles. The van der Waals surface area contributed by atoms with E-state index in [2.05, 4.69) is 15.6 Å². The lowest BCUT2D eigenvalue weighted by molar-refractivity contribution is -0.172. The highest BCUT2D eigenvalue weighted by Gasteiger charge is 2.54. The number of carbonyl (C=O) groups excluding carboxylic acids is 4. The number of hydrogen-bond acceptors (Lipinski definition) is 9. The maximum atomic E-state index is 13.4. The topological polar surface area (TPSA) is 181 Å². The largest absolute Gasteiger partial charge is 0.552 e. The normalized spacial score (nSPS) is 18.9. The van der Waals surface area contributed by atoms with Crippen molar-refractivity contribution in [1.29, 1.82) is 0 Å². The minimum absolute atomic E-state index is 0.0184. The van der Waals surface area contributed by atoms with E-state index >= 15 is 0 Å². The number of hydrogen-bond donors (Lipinski definition) is 4. The van der Waals surface area contributed by atoms with E-state index in [9.17, 15) is 34.2 Å². The third-order valence-corrected chi connectivity index (χ3v) is 6.77. The minimum Gasteiger partial charge on any atom is -0.508 e. The summed E-state index contributed by atoms with van der Waals surface area (Å²) in [5, 5.41) is 25.5. The molecule has 2 amide bonds. The van der Waals surface area contributed by atoms with Crippen LogP contribution in [0.25, 0.3) is 11.3 Å². The van der Waals surface area contributed by atoms with Crippen LogP contribution in [-0.4, -0.2) is 75.5 Å². The van der Waals surface area contributed by atoms with Gasteiger partial charge >= 0.3 is 13.1 Å². The number of benzene rings is 1. The molecular weight excluding hydrogens is 545 g/mol. The monoisotopic (exact) mass is 581 g/mol. The number of ketones is 1. The summed E-state index contributed by atoms with van der Waals surface area (Å²) < 4.78 is 11.1. The Hall–Kier alpha value is -4.10. The molecule has 1 aliphatic rings. The minimum atomic E-state index is -2.15. The van der Waals surface area contributed by atoms with E-state index in [1.165, 1.54) is 13.0 Å². The molecule has 12 nitrogen and oxygen atoms in total. The van der Waals surface area contributed by atoms with Crippen LogP contribution < -0.4 is 10.6 Å². The third kappa shape index (κ3) is 8.23. The van der Waals surface area contributed by atoms with Crippen molar-refractivity contribution >= 4 is 36.7 Å². The molecule has 0 spiro atoms.